The number of hydrogen-bond acceptors (Lipinski definition) is 3. The number of nitrogens with one attached hydrogen (secondary N) is 1. The van der Waals surface area contributed by atoms with Crippen LogP contribution in [0.2, 0.25) is 0 Å². The normalized spacial score (nSPS) is 19.8. The van der Waals surface area contributed by atoms with Crippen molar-refractivity contribution in [1.29, 1.82) is 0 Å². The van der Waals surface area contributed by atoms with Crippen LogP contribution in [0.4, 0.5) is 0 Å². The lowest BCUT2D eigenvalue weighted by Gasteiger charge is -2.32. The first-order valence-corrected chi connectivity index (χ1v) is 11.6. The molecule has 0 aromatic heterocycles. The summed E-state index contributed by atoms with van der Waals surface area (Å²) < 4.78 is 5.06. The van der Waals surface area contributed by atoms with Crippen LogP contribution >= 0.6 is 0 Å². The first-order valence-electron chi connectivity index (χ1n) is 11.6. The molecule has 0 saturated heterocycles. The molecule has 0 spiro atoms. The molecule has 1 aliphatic rings. The maximum Gasteiger partial charge on any atom is 0.310 e. The third-order valence-electron chi connectivity index (χ3n) is 6.55. The van der Waals surface area contributed by atoms with Crippen LogP contribution in [0.25, 0.3) is 10.8 Å². The first-order chi connectivity index (χ1) is 15.1. The molecule has 162 valence electrons. The smallest absolute Gasteiger partial charge is 0.310 e. The summed E-state index contributed by atoms with van der Waals surface area (Å²) in [5.74, 6) is 0.419. The number of rotatable bonds is 7. The van der Waals surface area contributed by atoms with E-state index in [4.69, 9.17) is 4.74 Å². The Morgan fingerprint density at radius 3 is 2.61 bits per heavy atom. The molecule has 0 aliphatic heterocycles. The van der Waals surface area contributed by atoms with Crippen LogP contribution in [0.1, 0.15) is 68.2 Å². The summed E-state index contributed by atoms with van der Waals surface area (Å²) in [5.41, 5.74) is 3.79. The Morgan fingerprint density at radius 1 is 1.03 bits per heavy atom. The van der Waals surface area contributed by atoms with Crippen molar-refractivity contribution < 1.29 is 9.53 Å². The van der Waals surface area contributed by atoms with E-state index in [0.29, 0.717) is 31.0 Å². The third kappa shape index (κ3) is 5.34. The molecular weight excluding hydrogens is 382 g/mol. The van der Waals surface area contributed by atoms with Gasteiger partial charge in [-0.3, -0.25) is 4.79 Å². The van der Waals surface area contributed by atoms with Gasteiger partial charge >= 0.3 is 5.97 Å². The highest BCUT2D eigenvalue weighted by Crippen LogP contribution is 2.34. The molecule has 0 bridgehead atoms. The van der Waals surface area contributed by atoms with Crippen LogP contribution in [0.3, 0.4) is 0 Å². The first kappa shape index (κ1) is 21.6. The molecular formula is C28H33NO2. The van der Waals surface area contributed by atoms with Gasteiger partial charge in [0.15, 0.2) is 0 Å². The van der Waals surface area contributed by atoms with Gasteiger partial charge in [0.2, 0.25) is 0 Å². The number of esters is 1. The summed E-state index contributed by atoms with van der Waals surface area (Å²) in [4.78, 5) is 11.7. The van der Waals surface area contributed by atoms with E-state index in [1.54, 1.807) is 0 Å². The van der Waals surface area contributed by atoms with Crippen LogP contribution in [0, 0.1) is 0 Å². The molecule has 1 saturated carbocycles. The van der Waals surface area contributed by atoms with Gasteiger partial charge in [-0.05, 0) is 66.5 Å². The fourth-order valence-corrected chi connectivity index (χ4v) is 5.00. The van der Waals surface area contributed by atoms with Crippen molar-refractivity contribution in [3.8, 4) is 0 Å². The second-order valence-electron chi connectivity index (χ2n) is 8.74. The number of carbonyl (C=O) groups excluding carboxylic acids is 1. The van der Waals surface area contributed by atoms with Gasteiger partial charge in [-0.25, -0.2) is 0 Å². The number of ether oxygens (including phenoxy) is 1. The number of hydrogen-bond donors (Lipinski definition) is 1. The van der Waals surface area contributed by atoms with Gasteiger partial charge in [-0.2, -0.15) is 0 Å². The highest BCUT2D eigenvalue weighted by molar-refractivity contribution is 5.86. The SMILES string of the molecule is CCOC(=O)Cc1ccc(C2CCCC(NC(C)c3cccc4ccccc34)C2)cc1. The van der Waals surface area contributed by atoms with Gasteiger partial charge in [-0.1, -0.05) is 73.2 Å². The Balaban J connectivity index is 1.40. The molecule has 3 aromatic rings. The number of fused-ring (bicyclic) bond motifs is 1. The summed E-state index contributed by atoms with van der Waals surface area (Å²) in [7, 11) is 0. The molecule has 3 aromatic carbocycles. The molecule has 3 atom stereocenters. The minimum absolute atomic E-state index is 0.153. The van der Waals surface area contributed by atoms with Gasteiger partial charge in [0.1, 0.15) is 0 Å². The average molecular weight is 416 g/mol. The fourth-order valence-electron chi connectivity index (χ4n) is 5.00. The standard InChI is InChI=1S/C28H33NO2/c1-3-31-28(30)18-21-14-16-22(17-15-21)24-10-6-11-25(19-24)29-20(2)26-13-7-9-23-8-4-5-12-27(23)26/h4-5,7-9,12-17,20,24-25,29H,3,6,10-11,18-19H2,1-2H3. The van der Waals surface area contributed by atoms with Gasteiger partial charge in [0.05, 0.1) is 13.0 Å². The number of carbonyl (C=O) groups is 1. The summed E-state index contributed by atoms with van der Waals surface area (Å²) in [6.07, 6.45) is 5.22. The van der Waals surface area contributed by atoms with Gasteiger partial charge in [-0.15, -0.1) is 0 Å². The zero-order chi connectivity index (χ0) is 21.6. The van der Waals surface area contributed by atoms with E-state index in [0.717, 1.165) is 12.0 Å². The van der Waals surface area contributed by atoms with E-state index in [2.05, 4.69) is 79.0 Å². The van der Waals surface area contributed by atoms with Crippen LogP contribution in [0.15, 0.2) is 66.7 Å². The molecule has 0 radical (unpaired) electrons. The zero-order valence-electron chi connectivity index (χ0n) is 18.6. The van der Waals surface area contributed by atoms with Gasteiger partial charge in [0.25, 0.3) is 0 Å². The van der Waals surface area contributed by atoms with Gasteiger partial charge < -0.3 is 10.1 Å². The minimum Gasteiger partial charge on any atom is -0.466 e. The van der Waals surface area contributed by atoms with Crippen molar-refractivity contribution in [3.63, 3.8) is 0 Å². The lowest BCUT2D eigenvalue weighted by molar-refractivity contribution is -0.142. The summed E-state index contributed by atoms with van der Waals surface area (Å²) >= 11 is 0. The molecule has 31 heavy (non-hydrogen) atoms. The van der Waals surface area contributed by atoms with Crippen molar-refractivity contribution in [2.45, 2.75) is 64.0 Å². The predicted octanol–water partition coefficient (Wildman–Crippen LogP) is 6.32. The lowest BCUT2D eigenvalue weighted by Crippen LogP contribution is -2.35. The second kappa shape index (κ2) is 10.1. The molecule has 1 fully saturated rings. The van der Waals surface area contributed by atoms with E-state index >= 15 is 0 Å². The van der Waals surface area contributed by atoms with Crippen LogP contribution in [0.5, 0.6) is 0 Å². The molecule has 3 unspecified atom stereocenters. The zero-order valence-corrected chi connectivity index (χ0v) is 18.6. The minimum atomic E-state index is -0.153. The molecule has 0 heterocycles. The van der Waals surface area contributed by atoms with Crippen LogP contribution in [-0.2, 0) is 16.0 Å². The average Bonchev–Trinajstić information content (AvgIpc) is 2.79. The van der Waals surface area contributed by atoms with E-state index in [1.807, 2.05) is 6.92 Å². The molecule has 3 nitrogen and oxygen atoms in total. The van der Waals surface area contributed by atoms with E-state index in [9.17, 15) is 4.79 Å². The van der Waals surface area contributed by atoms with Crippen LogP contribution in [-0.4, -0.2) is 18.6 Å². The van der Waals surface area contributed by atoms with Crippen molar-refractivity contribution in [1.82, 2.24) is 5.32 Å². The summed E-state index contributed by atoms with van der Waals surface area (Å²) in [6, 6.07) is 24.7. The Labute approximate surface area is 185 Å². The van der Waals surface area contributed by atoms with Gasteiger partial charge in [0, 0.05) is 12.1 Å². The molecule has 4 rings (SSSR count). The summed E-state index contributed by atoms with van der Waals surface area (Å²) in [5, 5.41) is 6.56. The third-order valence-corrected chi connectivity index (χ3v) is 6.55. The predicted molar refractivity (Wildman–Crippen MR) is 127 cm³/mol. The molecule has 1 aliphatic carbocycles. The quantitative estimate of drug-likeness (QED) is 0.459. The highest BCUT2D eigenvalue weighted by atomic mass is 16.5. The Kier molecular flexibility index (Phi) is 7.03. The maximum absolute atomic E-state index is 11.7. The monoisotopic (exact) mass is 415 g/mol. The molecule has 0 amide bonds. The second-order valence-corrected chi connectivity index (χ2v) is 8.74. The number of benzene rings is 3. The topological polar surface area (TPSA) is 38.3 Å². The van der Waals surface area contributed by atoms with Crippen molar-refractivity contribution in [2.24, 2.45) is 0 Å². The van der Waals surface area contributed by atoms with E-state index in [-0.39, 0.29) is 5.97 Å². The largest absolute Gasteiger partial charge is 0.466 e. The Morgan fingerprint density at radius 2 is 1.81 bits per heavy atom. The van der Waals surface area contributed by atoms with E-state index in [1.165, 1.54) is 41.2 Å². The molecule has 3 heteroatoms. The van der Waals surface area contributed by atoms with Crippen molar-refractivity contribution in [2.75, 3.05) is 6.61 Å². The van der Waals surface area contributed by atoms with E-state index < -0.39 is 0 Å². The maximum atomic E-state index is 11.7. The summed E-state index contributed by atoms with van der Waals surface area (Å²) in [6.45, 7) is 4.57. The lowest BCUT2D eigenvalue weighted by atomic mass is 9.80. The Bertz CT molecular complexity index is 1010. The molecule has 1 N–H and O–H groups in total. The fraction of sp³-hybridized carbons (Fsp3) is 0.393. The van der Waals surface area contributed by atoms with Crippen molar-refractivity contribution >= 4 is 16.7 Å². The Hall–Kier alpha value is -2.65. The highest BCUT2D eigenvalue weighted by Gasteiger charge is 2.25. The van der Waals surface area contributed by atoms with Crippen molar-refractivity contribution in [3.05, 3.63) is 83.4 Å². The van der Waals surface area contributed by atoms with Crippen LogP contribution < -0.4 is 5.32 Å².